The molecule has 3 rings (SSSR count). The van der Waals surface area contributed by atoms with Gasteiger partial charge >= 0.3 is 6.09 Å². The molecule has 2 fully saturated rings. The minimum atomic E-state index is -0.470. The summed E-state index contributed by atoms with van der Waals surface area (Å²) in [6, 6.07) is 2.61. The summed E-state index contributed by atoms with van der Waals surface area (Å²) in [5.41, 5.74) is -0.470. The first kappa shape index (κ1) is 17.8. The van der Waals surface area contributed by atoms with Crippen LogP contribution in [-0.2, 0) is 4.74 Å². The zero-order valence-electron chi connectivity index (χ0n) is 15.4. The number of hydrogen-bond donors (Lipinski definition) is 2. The SMILES string of the molecule is CC(C)(C)OC(=O)N1CCCCC1CNc1cc(NC2CC2)ncn1. The van der Waals surface area contributed by atoms with Gasteiger partial charge in [0, 0.05) is 25.2 Å². The number of carbonyl (C=O) groups excluding carboxylic acids is 1. The van der Waals surface area contributed by atoms with Crippen LogP contribution in [0, 0.1) is 0 Å². The second kappa shape index (κ2) is 7.45. The Bertz CT molecular complexity index is 597. The number of amides is 1. The second-order valence-electron chi connectivity index (χ2n) is 7.91. The van der Waals surface area contributed by atoms with E-state index in [1.807, 2.05) is 31.7 Å². The lowest BCUT2D eigenvalue weighted by atomic mass is 10.0. The zero-order valence-corrected chi connectivity index (χ0v) is 15.4. The van der Waals surface area contributed by atoms with Gasteiger partial charge in [-0.1, -0.05) is 0 Å². The van der Waals surface area contributed by atoms with Crippen molar-refractivity contribution >= 4 is 17.7 Å². The van der Waals surface area contributed by atoms with Crippen LogP contribution < -0.4 is 10.6 Å². The fourth-order valence-electron chi connectivity index (χ4n) is 2.97. The minimum Gasteiger partial charge on any atom is -0.444 e. The molecular weight excluding hydrogens is 318 g/mol. The molecule has 1 aromatic rings. The van der Waals surface area contributed by atoms with E-state index in [9.17, 15) is 4.79 Å². The van der Waals surface area contributed by atoms with Gasteiger partial charge in [-0.15, -0.1) is 0 Å². The van der Waals surface area contributed by atoms with Crippen molar-refractivity contribution in [1.29, 1.82) is 0 Å². The molecule has 1 amide bonds. The van der Waals surface area contributed by atoms with E-state index >= 15 is 0 Å². The standard InChI is InChI=1S/C18H29N5O2/c1-18(2,3)25-17(24)23-9-5-4-6-14(23)11-19-15-10-16(21-12-20-15)22-13-7-8-13/h10,12-14H,4-9,11H2,1-3H3,(H2,19,20,21,22). The maximum absolute atomic E-state index is 12.5. The molecule has 1 aromatic heterocycles. The number of hydrogen-bond acceptors (Lipinski definition) is 6. The van der Waals surface area contributed by atoms with E-state index in [0.29, 0.717) is 12.6 Å². The molecule has 1 unspecified atom stereocenters. The van der Waals surface area contributed by atoms with E-state index in [1.54, 1.807) is 6.33 Å². The lowest BCUT2D eigenvalue weighted by Gasteiger charge is -2.36. The summed E-state index contributed by atoms with van der Waals surface area (Å²) in [5.74, 6) is 1.64. The van der Waals surface area contributed by atoms with Gasteiger partial charge in [0.1, 0.15) is 23.6 Å². The molecule has 7 nitrogen and oxygen atoms in total. The highest BCUT2D eigenvalue weighted by molar-refractivity contribution is 5.68. The van der Waals surface area contributed by atoms with Crippen molar-refractivity contribution in [3.05, 3.63) is 12.4 Å². The monoisotopic (exact) mass is 347 g/mol. The number of carbonyl (C=O) groups is 1. The smallest absolute Gasteiger partial charge is 0.410 e. The first-order valence-corrected chi connectivity index (χ1v) is 9.23. The maximum atomic E-state index is 12.5. The average molecular weight is 347 g/mol. The molecule has 0 bridgehead atoms. The van der Waals surface area contributed by atoms with E-state index < -0.39 is 5.60 Å². The second-order valence-corrected chi connectivity index (χ2v) is 7.91. The van der Waals surface area contributed by atoms with Crippen LogP contribution >= 0.6 is 0 Å². The van der Waals surface area contributed by atoms with Gasteiger partial charge in [-0.05, 0) is 52.9 Å². The van der Waals surface area contributed by atoms with E-state index in [4.69, 9.17) is 4.74 Å². The zero-order chi connectivity index (χ0) is 17.9. The van der Waals surface area contributed by atoms with Gasteiger partial charge in [0.2, 0.25) is 0 Å². The summed E-state index contributed by atoms with van der Waals surface area (Å²) in [5, 5.41) is 6.73. The van der Waals surface area contributed by atoms with Crippen molar-refractivity contribution in [3.8, 4) is 0 Å². The molecular formula is C18H29N5O2. The molecule has 2 N–H and O–H groups in total. The largest absolute Gasteiger partial charge is 0.444 e. The third kappa shape index (κ3) is 5.47. The van der Waals surface area contributed by atoms with Gasteiger partial charge in [0.25, 0.3) is 0 Å². The highest BCUT2D eigenvalue weighted by Crippen LogP contribution is 2.24. The number of aromatic nitrogens is 2. The van der Waals surface area contributed by atoms with E-state index in [2.05, 4.69) is 20.6 Å². The molecule has 138 valence electrons. The number of nitrogens with zero attached hydrogens (tertiary/aromatic N) is 3. The van der Waals surface area contributed by atoms with Crippen molar-refractivity contribution in [2.45, 2.75) is 70.6 Å². The molecule has 7 heteroatoms. The molecule has 1 aliphatic heterocycles. The number of rotatable bonds is 5. The predicted molar refractivity (Wildman–Crippen MR) is 97.7 cm³/mol. The molecule has 2 aliphatic rings. The highest BCUT2D eigenvalue weighted by atomic mass is 16.6. The topological polar surface area (TPSA) is 79.4 Å². The molecule has 0 spiro atoms. The molecule has 25 heavy (non-hydrogen) atoms. The Morgan fingerprint density at radius 2 is 2.00 bits per heavy atom. The number of piperidine rings is 1. The number of likely N-dealkylation sites (tertiary alicyclic amines) is 1. The lowest BCUT2D eigenvalue weighted by Crippen LogP contribution is -2.48. The Hall–Kier alpha value is -2.05. The van der Waals surface area contributed by atoms with Gasteiger partial charge in [-0.25, -0.2) is 14.8 Å². The number of anilines is 2. The van der Waals surface area contributed by atoms with Crippen molar-refractivity contribution in [2.75, 3.05) is 23.7 Å². The quantitative estimate of drug-likeness (QED) is 0.851. The molecule has 0 aromatic carbocycles. The number of nitrogens with one attached hydrogen (secondary N) is 2. The third-order valence-corrected chi connectivity index (χ3v) is 4.37. The Labute approximate surface area is 149 Å². The van der Waals surface area contributed by atoms with E-state index in [-0.39, 0.29) is 12.1 Å². The predicted octanol–water partition coefficient (Wildman–Crippen LogP) is 3.25. The lowest BCUT2D eigenvalue weighted by molar-refractivity contribution is 0.0114. The van der Waals surface area contributed by atoms with Crippen molar-refractivity contribution in [2.24, 2.45) is 0 Å². The van der Waals surface area contributed by atoms with Crippen LogP contribution in [0.1, 0.15) is 52.9 Å². The summed E-state index contributed by atoms with van der Waals surface area (Å²) >= 11 is 0. The summed E-state index contributed by atoms with van der Waals surface area (Å²) in [6.45, 7) is 7.12. The van der Waals surface area contributed by atoms with Crippen LogP contribution in [0.5, 0.6) is 0 Å². The van der Waals surface area contributed by atoms with Crippen LogP contribution in [0.4, 0.5) is 16.4 Å². The van der Waals surface area contributed by atoms with Crippen molar-refractivity contribution in [1.82, 2.24) is 14.9 Å². The number of ether oxygens (including phenoxy) is 1. The average Bonchev–Trinajstić information content (AvgIpc) is 3.36. The highest BCUT2D eigenvalue weighted by Gasteiger charge is 2.30. The van der Waals surface area contributed by atoms with Gasteiger partial charge < -0.3 is 20.3 Å². The molecule has 0 radical (unpaired) electrons. The Morgan fingerprint density at radius 3 is 2.72 bits per heavy atom. The van der Waals surface area contributed by atoms with Crippen LogP contribution in [0.2, 0.25) is 0 Å². The molecule has 1 aliphatic carbocycles. The Morgan fingerprint density at radius 1 is 1.24 bits per heavy atom. The summed E-state index contributed by atoms with van der Waals surface area (Å²) in [4.78, 5) is 22.8. The van der Waals surface area contributed by atoms with E-state index in [1.165, 1.54) is 12.8 Å². The Balaban J connectivity index is 1.57. The van der Waals surface area contributed by atoms with Gasteiger partial charge in [0.05, 0.1) is 6.04 Å². The Kier molecular flexibility index (Phi) is 5.30. The fourth-order valence-corrected chi connectivity index (χ4v) is 2.97. The van der Waals surface area contributed by atoms with Crippen LogP contribution in [-0.4, -0.2) is 51.7 Å². The van der Waals surface area contributed by atoms with Gasteiger partial charge in [-0.2, -0.15) is 0 Å². The normalized spacial score (nSPS) is 20.9. The first-order valence-electron chi connectivity index (χ1n) is 9.23. The van der Waals surface area contributed by atoms with Crippen molar-refractivity contribution < 1.29 is 9.53 Å². The molecule has 1 saturated carbocycles. The summed E-state index contributed by atoms with van der Waals surface area (Å²) in [6.07, 6.45) is 6.89. The molecule has 1 atom stereocenters. The third-order valence-electron chi connectivity index (χ3n) is 4.37. The first-order chi connectivity index (χ1) is 11.9. The molecule has 1 saturated heterocycles. The van der Waals surface area contributed by atoms with Crippen LogP contribution in [0.3, 0.4) is 0 Å². The van der Waals surface area contributed by atoms with Gasteiger partial charge in [-0.3, -0.25) is 0 Å². The van der Waals surface area contributed by atoms with Gasteiger partial charge in [0.15, 0.2) is 0 Å². The molecule has 2 heterocycles. The van der Waals surface area contributed by atoms with Crippen LogP contribution in [0.15, 0.2) is 12.4 Å². The maximum Gasteiger partial charge on any atom is 0.410 e. The summed E-state index contributed by atoms with van der Waals surface area (Å²) in [7, 11) is 0. The van der Waals surface area contributed by atoms with E-state index in [0.717, 1.165) is 37.4 Å². The van der Waals surface area contributed by atoms with Crippen LogP contribution in [0.25, 0.3) is 0 Å². The fraction of sp³-hybridized carbons (Fsp3) is 0.722. The van der Waals surface area contributed by atoms with Crippen molar-refractivity contribution in [3.63, 3.8) is 0 Å². The minimum absolute atomic E-state index is 0.124. The summed E-state index contributed by atoms with van der Waals surface area (Å²) < 4.78 is 5.55.